The van der Waals surface area contributed by atoms with E-state index in [0.717, 1.165) is 5.56 Å². The van der Waals surface area contributed by atoms with E-state index in [0.29, 0.717) is 16.7 Å². The first-order valence-corrected chi connectivity index (χ1v) is 4.60. The summed E-state index contributed by atoms with van der Waals surface area (Å²) >= 11 is 16.8. The van der Waals surface area contributed by atoms with Crippen LogP contribution in [-0.4, -0.2) is 6.07 Å². The van der Waals surface area contributed by atoms with Gasteiger partial charge in [0.05, 0.1) is 16.7 Å². The van der Waals surface area contributed by atoms with E-state index in [-0.39, 0.29) is 6.07 Å². The normalized spacial score (nSPS) is 10.2. The van der Waals surface area contributed by atoms with Crippen molar-refractivity contribution in [1.82, 2.24) is 0 Å². The lowest BCUT2D eigenvalue weighted by atomic mass is 10.2. The highest BCUT2D eigenvalue weighted by atomic mass is 35.5. The maximum atomic E-state index is 5.77. The number of halogens is 3. The van der Waals surface area contributed by atoms with Gasteiger partial charge in [0.25, 0.3) is 0 Å². The molecular weight excluding hydrogens is 218 g/mol. The standard InChI is InChI=1S/C8H7Cl3O/c9-5-12-4-6-1-2-7(10)8(11)3-6/h1-3H,4-5H2. The zero-order chi connectivity index (χ0) is 8.97. The molecule has 0 aliphatic heterocycles. The zero-order valence-electron chi connectivity index (χ0n) is 6.19. The summed E-state index contributed by atoms with van der Waals surface area (Å²) in [4.78, 5) is 0. The largest absolute Gasteiger partial charge is 0.361 e. The molecule has 0 radical (unpaired) electrons. The topological polar surface area (TPSA) is 9.23 Å². The Labute approximate surface area is 86.2 Å². The van der Waals surface area contributed by atoms with Gasteiger partial charge in [0.1, 0.15) is 6.07 Å². The smallest absolute Gasteiger partial charge is 0.121 e. The molecule has 0 heterocycles. The molecule has 0 N–H and O–H groups in total. The zero-order valence-corrected chi connectivity index (χ0v) is 8.46. The quantitative estimate of drug-likeness (QED) is 0.713. The first kappa shape index (κ1) is 10.1. The van der Waals surface area contributed by atoms with E-state index in [4.69, 9.17) is 39.5 Å². The van der Waals surface area contributed by atoms with Crippen LogP contribution in [0.15, 0.2) is 18.2 Å². The number of benzene rings is 1. The van der Waals surface area contributed by atoms with Crippen LogP contribution in [0, 0.1) is 0 Å². The van der Waals surface area contributed by atoms with Crippen molar-refractivity contribution in [2.75, 3.05) is 6.07 Å². The molecule has 1 rings (SSSR count). The van der Waals surface area contributed by atoms with Gasteiger partial charge in [-0.2, -0.15) is 0 Å². The lowest BCUT2D eigenvalue weighted by molar-refractivity contribution is 0.165. The molecule has 0 fully saturated rings. The highest BCUT2D eigenvalue weighted by Gasteiger charge is 1.98. The molecule has 0 aromatic heterocycles. The molecule has 66 valence electrons. The predicted molar refractivity (Wildman–Crippen MR) is 52.0 cm³/mol. The van der Waals surface area contributed by atoms with Crippen molar-refractivity contribution < 1.29 is 4.74 Å². The van der Waals surface area contributed by atoms with Crippen molar-refractivity contribution in [2.45, 2.75) is 6.61 Å². The van der Waals surface area contributed by atoms with E-state index >= 15 is 0 Å². The Balaban J connectivity index is 2.69. The molecule has 0 unspecified atom stereocenters. The van der Waals surface area contributed by atoms with Gasteiger partial charge in [0.2, 0.25) is 0 Å². The van der Waals surface area contributed by atoms with E-state index in [2.05, 4.69) is 0 Å². The number of ether oxygens (including phenoxy) is 1. The Morgan fingerprint density at radius 3 is 2.50 bits per heavy atom. The minimum absolute atomic E-state index is 0.181. The molecule has 0 aliphatic rings. The van der Waals surface area contributed by atoms with Crippen molar-refractivity contribution >= 4 is 34.8 Å². The van der Waals surface area contributed by atoms with E-state index in [1.165, 1.54) is 0 Å². The van der Waals surface area contributed by atoms with E-state index < -0.39 is 0 Å². The van der Waals surface area contributed by atoms with E-state index in [1.54, 1.807) is 12.1 Å². The fraction of sp³-hybridized carbons (Fsp3) is 0.250. The van der Waals surface area contributed by atoms with Gasteiger partial charge < -0.3 is 4.74 Å². The highest BCUT2D eigenvalue weighted by Crippen LogP contribution is 2.22. The Morgan fingerprint density at radius 2 is 1.92 bits per heavy atom. The van der Waals surface area contributed by atoms with Crippen molar-refractivity contribution in [3.05, 3.63) is 33.8 Å². The fourth-order valence-electron chi connectivity index (χ4n) is 0.786. The Kier molecular flexibility index (Phi) is 4.16. The lowest BCUT2D eigenvalue weighted by Gasteiger charge is -2.01. The summed E-state index contributed by atoms with van der Waals surface area (Å²) in [5.41, 5.74) is 0.963. The predicted octanol–water partition coefficient (Wildman–Crippen LogP) is 3.71. The molecule has 4 heteroatoms. The number of hydrogen-bond acceptors (Lipinski definition) is 1. The van der Waals surface area contributed by atoms with Crippen LogP contribution in [0.5, 0.6) is 0 Å². The van der Waals surface area contributed by atoms with Crippen LogP contribution in [0.2, 0.25) is 10.0 Å². The molecular formula is C8H7Cl3O. The van der Waals surface area contributed by atoms with E-state index in [1.807, 2.05) is 6.07 Å². The first-order valence-electron chi connectivity index (χ1n) is 3.31. The highest BCUT2D eigenvalue weighted by molar-refractivity contribution is 6.42. The van der Waals surface area contributed by atoms with Gasteiger partial charge in [-0.3, -0.25) is 0 Å². The van der Waals surface area contributed by atoms with Crippen molar-refractivity contribution in [3.63, 3.8) is 0 Å². The van der Waals surface area contributed by atoms with Crippen molar-refractivity contribution in [3.8, 4) is 0 Å². The second-order valence-electron chi connectivity index (χ2n) is 2.21. The van der Waals surface area contributed by atoms with Crippen LogP contribution < -0.4 is 0 Å². The summed E-state index contributed by atoms with van der Waals surface area (Å²) < 4.78 is 4.98. The first-order chi connectivity index (χ1) is 5.74. The maximum absolute atomic E-state index is 5.77. The van der Waals surface area contributed by atoms with Crippen LogP contribution >= 0.6 is 34.8 Å². The monoisotopic (exact) mass is 224 g/mol. The van der Waals surface area contributed by atoms with Gasteiger partial charge in [0.15, 0.2) is 0 Å². The minimum Gasteiger partial charge on any atom is -0.361 e. The average molecular weight is 226 g/mol. The van der Waals surface area contributed by atoms with Gasteiger partial charge in [-0.25, -0.2) is 0 Å². The van der Waals surface area contributed by atoms with Crippen LogP contribution in [0.4, 0.5) is 0 Å². The molecule has 12 heavy (non-hydrogen) atoms. The Morgan fingerprint density at radius 1 is 1.17 bits per heavy atom. The molecule has 0 saturated carbocycles. The summed E-state index contributed by atoms with van der Waals surface area (Å²) in [6.45, 7) is 0.459. The molecule has 0 amide bonds. The van der Waals surface area contributed by atoms with Gasteiger partial charge in [-0.05, 0) is 17.7 Å². The van der Waals surface area contributed by atoms with Gasteiger partial charge >= 0.3 is 0 Å². The second-order valence-corrected chi connectivity index (χ2v) is 3.24. The second kappa shape index (κ2) is 4.93. The number of hydrogen-bond donors (Lipinski definition) is 0. The third kappa shape index (κ3) is 2.83. The lowest BCUT2D eigenvalue weighted by Crippen LogP contribution is -1.89. The Bertz CT molecular complexity index is 262. The van der Waals surface area contributed by atoms with Crippen LogP contribution in [-0.2, 0) is 11.3 Å². The van der Waals surface area contributed by atoms with Gasteiger partial charge in [0, 0.05) is 0 Å². The van der Waals surface area contributed by atoms with Gasteiger partial charge in [-0.15, -0.1) is 0 Å². The summed E-state index contributed by atoms with van der Waals surface area (Å²) in [6, 6.07) is 5.52. The molecule has 0 saturated heterocycles. The SMILES string of the molecule is ClCOCc1ccc(Cl)c(Cl)c1. The van der Waals surface area contributed by atoms with Gasteiger partial charge in [-0.1, -0.05) is 40.9 Å². The molecule has 0 aliphatic carbocycles. The molecule has 0 bridgehead atoms. The molecule has 1 aromatic rings. The van der Waals surface area contributed by atoms with Crippen LogP contribution in [0.3, 0.4) is 0 Å². The number of alkyl halides is 1. The fourth-order valence-corrected chi connectivity index (χ4v) is 1.18. The van der Waals surface area contributed by atoms with E-state index in [9.17, 15) is 0 Å². The minimum atomic E-state index is 0.181. The van der Waals surface area contributed by atoms with Crippen molar-refractivity contribution in [2.24, 2.45) is 0 Å². The summed E-state index contributed by atoms with van der Waals surface area (Å²) in [5, 5.41) is 1.08. The van der Waals surface area contributed by atoms with Crippen LogP contribution in [0.1, 0.15) is 5.56 Å². The Hall–Kier alpha value is 0.0500. The maximum Gasteiger partial charge on any atom is 0.121 e. The molecule has 0 atom stereocenters. The summed E-state index contributed by atoms with van der Waals surface area (Å²) in [6.07, 6.45) is 0. The third-order valence-electron chi connectivity index (χ3n) is 1.33. The van der Waals surface area contributed by atoms with Crippen LogP contribution in [0.25, 0.3) is 0 Å². The summed E-state index contributed by atoms with van der Waals surface area (Å²) in [7, 11) is 0. The number of rotatable bonds is 3. The summed E-state index contributed by atoms with van der Waals surface area (Å²) in [5.74, 6) is 0. The molecule has 0 spiro atoms. The third-order valence-corrected chi connectivity index (χ3v) is 2.22. The molecule has 1 nitrogen and oxygen atoms in total. The molecule has 1 aromatic carbocycles. The van der Waals surface area contributed by atoms with Crippen molar-refractivity contribution in [1.29, 1.82) is 0 Å². The average Bonchev–Trinajstić information content (AvgIpc) is 2.07.